The Bertz CT molecular complexity index is 813. The number of likely N-dealkylation sites (tertiary alicyclic amines) is 2. The van der Waals surface area contributed by atoms with Gasteiger partial charge in [0, 0.05) is 38.1 Å². The van der Waals surface area contributed by atoms with Gasteiger partial charge in [-0.1, -0.05) is 26.0 Å². The molecule has 1 aromatic carbocycles. The molecule has 0 aliphatic carbocycles. The van der Waals surface area contributed by atoms with Gasteiger partial charge in [-0.2, -0.15) is 0 Å². The standard InChI is InChI=1S/C25H37N3O4/c1-16(2)19-6-8-22(9-7-19)32-18(5)25(31)27-12-10-21(11-13-27)26-24(30)20-14-23(29)28(15-20)17(3)4/h6-9,16-18,20-21H,10-15H2,1-5H3,(H,26,30). The maximum absolute atomic E-state index is 12.8. The SMILES string of the molecule is CC(Oc1ccc(C(C)C)cc1)C(=O)N1CCC(NC(=O)C2CC(=O)N(C(C)C)C2)CC1. The summed E-state index contributed by atoms with van der Waals surface area (Å²) >= 11 is 0. The van der Waals surface area contributed by atoms with E-state index in [1.807, 2.05) is 43.0 Å². The van der Waals surface area contributed by atoms with Crippen molar-refractivity contribution in [1.29, 1.82) is 0 Å². The van der Waals surface area contributed by atoms with Crippen LogP contribution in [0.5, 0.6) is 5.75 Å². The summed E-state index contributed by atoms with van der Waals surface area (Å²) in [6, 6.07) is 8.04. The summed E-state index contributed by atoms with van der Waals surface area (Å²) in [6.45, 7) is 11.7. The van der Waals surface area contributed by atoms with Gasteiger partial charge in [0.2, 0.25) is 11.8 Å². The van der Waals surface area contributed by atoms with E-state index in [9.17, 15) is 14.4 Å². The number of carbonyl (C=O) groups excluding carboxylic acids is 3. The fourth-order valence-electron chi connectivity index (χ4n) is 4.41. The third-order valence-electron chi connectivity index (χ3n) is 6.51. The van der Waals surface area contributed by atoms with Gasteiger partial charge in [0.05, 0.1) is 5.92 Å². The molecular formula is C25H37N3O4. The van der Waals surface area contributed by atoms with E-state index in [4.69, 9.17) is 4.74 Å². The molecule has 2 fully saturated rings. The molecule has 2 aliphatic rings. The van der Waals surface area contributed by atoms with E-state index in [0.29, 0.717) is 44.1 Å². The molecule has 7 heteroatoms. The van der Waals surface area contributed by atoms with Crippen molar-refractivity contribution in [3.8, 4) is 5.75 Å². The van der Waals surface area contributed by atoms with E-state index in [1.54, 1.807) is 11.8 Å². The maximum Gasteiger partial charge on any atom is 0.263 e. The second-order valence-corrected chi connectivity index (χ2v) is 9.63. The van der Waals surface area contributed by atoms with Gasteiger partial charge in [0.25, 0.3) is 5.91 Å². The lowest BCUT2D eigenvalue weighted by molar-refractivity contribution is -0.139. The van der Waals surface area contributed by atoms with Crippen LogP contribution < -0.4 is 10.1 Å². The second kappa shape index (κ2) is 10.4. The summed E-state index contributed by atoms with van der Waals surface area (Å²) in [5.74, 6) is 0.838. The Morgan fingerprint density at radius 2 is 1.66 bits per heavy atom. The second-order valence-electron chi connectivity index (χ2n) is 9.63. The highest BCUT2D eigenvalue weighted by Crippen LogP contribution is 2.22. The van der Waals surface area contributed by atoms with E-state index >= 15 is 0 Å². The molecular weight excluding hydrogens is 406 g/mol. The molecule has 2 atom stereocenters. The first kappa shape index (κ1) is 24.1. The number of rotatable bonds is 7. The molecule has 0 bridgehead atoms. The van der Waals surface area contributed by atoms with Crippen LogP contribution in [0.15, 0.2) is 24.3 Å². The molecule has 0 radical (unpaired) electrons. The Hall–Kier alpha value is -2.57. The van der Waals surface area contributed by atoms with Gasteiger partial charge in [-0.15, -0.1) is 0 Å². The molecule has 0 saturated carbocycles. The lowest BCUT2D eigenvalue weighted by Crippen LogP contribution is -2.50. The molecule has 176 valence electrons. The minimum Gasteiger partial charge on any atom is -0.481 e. The molecule has 3 amide bonds. The minimum atomic E-state index is -0.558. The Morgan fingerprint density at radius 1 is 1.03 bits per heavy atom. The van der Waals surface area contributed by atoms with Crippen molar-refractivity contribution in [2.45, 2.75) is 78.0 Å². The zero-order chi connectivity index (χ0) is 23.4. The van der Waals surface area contributed by atoms with Crippen molar-refractivity contribution in [3.63, 3.8) is 0 Å². The Kier molecular flexibility index (Phi) is 7.80. The van der Waals surface area contributed by atoms with Gasteiger partial charge in [-0.3, -0.25) is 14.4 Å². The highest BCUT2D eigenvalue weighted by Gasteiger charge is 2.36. The van der Waals surface area contributed by atoms with Crippen LogP contribution in [-0.4, -0.2) is 65.3 Å². The first-order valence-corrected chi connectivity index (χ1v) is 11.8. The van der Waals surface area contributed by atoms with Gasteiger partial charge < -0.3 is 19.9 Å². The van der Waals surface area contributed by atoms with Crippen LogP contribution in [0.3, 0.4) is 0 Å². The summed E-state index contributed by atoms with van der Waals surface area (Å²) in [5.41, 5.74) is 1.24. The zero-order valence-electron chi connectivity index (χ0n) is 20.0. The number of amides is 3. The Balaban J connectivity index is 1.44. The molecule has 1 N–H and O–H groups in total. The van der Waals surface area contributed by atoms with Crippen molar-refractivity contribution in [3.05, 3.63) is 29.8 Å². The van der Waals surface area contributed by atoms with E-state index in [2.05, 4.69) is 19.2 Å². The summed E-state index contributed by atoms with van der Waals surface area (Å²) < 4.78 is 5.86. The molecule has 2 heterocycles. The average molecular weight is 444 g/mol. The van der Waals surface area contributed by atoms with Crippen LogP contribution in [0.4, 0.5) is 0 Å². The lowest BCUT2D eigenvalue weighted by atomic mass is 10.0. The number of nitrogens with one attached hydrogen (secondary N) is 1. The van der Waals surface area contributed by atoms with Crippen molar-refractivity contribution >= 4 is 17.7 Å². The molecule has 7 nitrogen and oxygen atoms in total. The molecule has 1 aromatic rings. The molecule has 0 spiro atoms. The normalized spacial score (nSPS) is 20.7. The number of nitrogens with zero attached hydrogens (tertiary/aromatic N) is 2. The third-order valence-corrected chi connectivity index (χ3v) is 6.51. The molecule has 0 aromatic heterocycles. The minimum absolute atomic E-state index is 0.0309. The summed E-state index contributed by atoms with van der Waals surface area (Å²) in [4.78, 5) is 41.1. The van der Waals surface area contributed by atoms with Crippen molar-refractivity contribution in [2.24, 2.45) is 5.92 Å². The number of piperidine rings is 1. The van der Waals surface area contributed by atoms with Crippen LogP contribution in [0.1, 0.15) is 65.4 Å². The average Bonchev–Trinajstić information content (AvgIpc) is 3.16. The van der Waals surface area contributed by atoms with Crippen LogP contribution in [-0.2, 0) is 14.4 Å². The summed E-state index contributed by atoms with van der Waals surface area (Å²) in [6.07, 6.45) is 1.15. The van der Waals surface area contributed by atoms with Crippen molar-refractivity contribution in [1.82, 2.24) is 15.1 Å². The number of hydrogen-bond acceptors (Lipinski definition) is 4. The zero-order valence-corrected chi connectivity index (χ0v) is 20.0. The number of hydrogen-bond donors (Lipinski definition) is 1. The van der Waals surface area contributed by atoms with E-state index in [0.717, 1.165) is 0 Å². The highest BCUT2D eigenvalue weighted by molar-refractivity contribution is 5.89. The van der Waals surface area contributed by atoms with Crippen LogP contribution >= 0.6 is 0 Å². The van der Waals surface area contributed by atoms with Gasteiger partial charge in [0.1, 0.15) is 5.75 Å². The quantitative estimate of drug-likeness (QED) is 0.703. The predicted molar refractivity (Wildman–Crippen MR) is 123 cm³/mol. The molecule has 32 heavy (non-hydrogen) atoms. The van der Waals surface area contributed by atoms with Crippen molar-refractivity contribution < 1.29 is 19.1 Å². The monoisotopic (exact) mass is 443 g/mol. The third kappa shape index (κ3) is 5.81. The van der Waals surface area contributed by atoms with E-state index in [-0.39, 0.29) is 42.1 Å². The lowest BCUT2D eigenvalue weighted by Gasteiger charge is -2.34. The van der Waals surface area contributed by atoms with Gasteiger partial charge in [-0.05, 0) is 57.2 Å². The van der Waals surface area contributed by atoms with E-state index < -0.39 is 6.10 Å². The fourth-order valence-corrected chi connectivity index (χ4v) is 4.41. The van der Waals surface area contributed by atoms with Crippen LogP contribution in [0, 0.1) is 5.92 Å². The molecule has 3 rings (SSSR count). The largest absolute Gasteiger partial charge is 0.481 e. The van der Waals surface area contributed by atoms with Crippen molar-refractivity contribution in [2.75, 3.05) is 19.6 Å². The fraction of sp³-hybridized carbons (Fsp3) is 0.640. The van der Waals surface area contributed by atoms with Gasteiger partial charge >= 0.3 is 0 Å². The number of benzene rings is 1. The molecule has 2 unspecified atom stereocenters. The highest BCUT2D eigenvalue weighted by atomic mass is 16.5. The van der Waals surface area contributed by atoms with Crippen LogP contribution in [0.25, 0.3) is 0 Å². The Labute approximate surface area is 191 Å². The number of ether oxygens (including phenoxy) is 1. The predicted octanol–water partition coefficient (Wildman–Crippen LogP) is 2.94. The van der Waals surface area contributed by atoms with Gasteiger partial charge in [0.15, 0.2) is 6.10 Å². The first-order chi connectivity index (χ1) is 15.2. The molecule has 2 saturated heterocycles. The van der Waals surface area contributed by atoms with Gasteiger partial charge in [-0.25, -0.2) is 0 Å². The first-order valence-electron chi connectivity index (χ1n) is 11.8. The summed E-state index contributed by atoms with van der Waals surface area (Å²) in [5, 5.41) is 3.10. The number of carbonyl (C=O) groups is 3. The molecule has 2 aliphatic heterocycles. The Morgan fingerprint density at radius 3 is 2.19 bits per heavy atom. The topological polar surface area (TPSA) is 79.0 Å². The maximum atomic E-state index is 12.8. The van der Waals surface area contributed by atoms with E-state index in [1.165, 1.54) is 5.56 Å². The smallest absolute Gasteiger partial charge is 0.263 e. The van der Waals surface area contributed by atoms with Crippen LogP contribution in [0.2, 0.25) is 0 Å². The summed E-state index contributed by atoms with van der Waals surface area (Å²) in [7, 11) is 0.